The van der Waals surface area contributed by atoms with Gasteiger partial charge in [-0.1, -0.05) is 21.1 Å². The Bertz CT molecular complexity index is 540. The van der Waals surface area contributed by atoms with Crippen molar-refractivity contribution in [3.8, 4) is 11.1 Å². The van der Waals surface area contributed by atoms with E-state index in [4.69, 9.17) is 0 Å². The molecule has 2 rings (SSSR count). The van der Waals surface area contributed by atoms with E-state index in [0.29, 0.717) is 5.56 Å². The number of halogens is 4. The number of pyridine rings is 1. The maximum atomic E-state index is 12.5. The summed E-state index contributed by atoms with van der Waals surface area (Å²) in [6.07, 6.45) is -3.23. The second-order valence-electron chi connectivity index (χ2n) is 3.53. The number of hydrogen-bond donors (Lipinski definition) is 0. The molecule has 0 atom stereocenters. The molecule has 0 fully saturated rings. The zero-order valence-electron chi connectivity index (χ0n) is 8.91. The smallest absolute Gasteiger partial charge is 0.252 e. The first-order chi connectivity index (χ1) is 8.50. The molecular formula is C12H7F3INS. The molecule has 0 saturated heterocycles. The highest BCUT2D eigenvalue weighted by Crippen LogP contribution is 2.31. The molecule has 1 heterocycles. The monoisotopic (exact) mass is 381 g/mol. The van der Waals surface area contributed by atoms with Gasteiger partial charge in [0.15, 0.2) is 0 Å². The van der Waals surface area contributed by atoms with Crippen LogP contribution in [-0.2, 0) is 6.18 Å². The van der Waals surface area contributed by atoms with Crippen LogP contribution < -0.4 is 0 Å². The summed E-state index contributed by atoms with van der Waals surface area (Å²) in [5.74, 6) is 0. The highest BCUT2D eigenvalue weighted by Gasteiger charge is 2.32. The van der Waals surface area contributed by atoms with Gasteiger partial charge in [-0.15, -0.1) is 0 Å². The molecule has 0 aliphatic heterocycles. The van der Waals surface area contributed by atoms with Crippen molar-refractivity contribution in [1.29, 1.82) is 0 Å². The Morgan fingerprint density at radius 2 is 1.67 bits per heavy atom. The van der Waals surface area contributed by atoms with E-state index >= 15 is 0 Å². The van der Waals surface area contributed by atoms with Crippen molar-refractivity contribution in [2.45, 2.75) is 11.1 Å². The van der Waals surface area contributed by atoms with Gasteiger partial charge >= 0.3 is 6.18 Å². The SMILES string of the molecule is FC(F)(F)c1cc(-c2ccc(SI)cc2)ccn1. The van der Waals surface area contributed by atoms with Gasteiger partial charge in [-0.25, -0.2) is 0 Å². The minimum absolute atomic E-state index is 0.516. The largest absolute Gasteiger partial charge is 0.433 e. The number of nitrogens with zero attached hydrogens (tertiary/aromatic N) is 1. The second-order valence-corrected chi connectivity index (χ2v) is 5.48. The summed E-state index contributed by atoms with van der Waals surface area (Å²) in [5.41, 5.74) is 0.395. The van der Waals surface area contributed by atoms with Crippen molar-refractivity contribution in [3.05, 3.63) is 48.3 Å². The Hall–Kier alpha value is -0.760. The first-order valence-electron chi connectivity index (χ1n) is 4.93. The molecule has 0 N–H and O–H groups in total. The van der Waals surface area contributed by atoms with Crippen molar-refractivity contribution in [2.75, 3.05) is 0 Å². The van der Waals surface area contributed by atoms with Crippen molar-refractivity contribution >= 4 is 30.1 Å². The average molecular weight is 381 g/mol. The van der Waals surface area contributed by atoms with Gasteiger partial charge in [0.05, 0.1) is 0 Å². The lowest BCUT2D eigenvalue weighted by Gasteiger charge is -2.08. The minimum atomic E-state index is -4.41. The summed E-state index contributed by atoms with van der Waals surface area (Å²) in [7, 11) is 1.56. The first kappa shape index (κ1) is 13.7. The van der Waals surface area contributed by atoms with Crippen LogP contribution in [0.2, 0.25) is 0 Å². The van der Waals surface area contributed by atoms with Gasteiger partial charge in [0.1, 0.15) is 5.69 Å². The zero-order chi connectivity index (χ0) is 13.2. The third-order valence-corrected chi connectivity index (χ3v) is 4.30. The van der Waals surface area contributed by atoms with Gasteiger partial charge in [-0.05, 0) is 35.4 Å². The second kappa shape index (κ2) is 5.48. The van der Waals surface area contributed by atoms with E-state index in [2.05, 4.69) is 26.2 Å². The van der Waals surface area contributed by atoms with E-state index in [1.165, 1.54) is 6.20 Å². The number of rotatable bonds is 2. The maximum Gasteiger partial charge on any atom is 0.433 e. The molecule has 1 nitrogen and oxygen atoms in total. The van der Waals surface area contributed by atoms with Gasteiger partial charge < -0.3 is 0 Å². The molecule has 2 aromatic rings. The molecule has 0 spiro atoms. The van der Waals surface area contributed by atoms with Crippen molar-refractivity contribution in [3.63, 3.8) is 0 Å². The lowest BCUT2D eigenvalue weighted by Crippen LogP contribution is -2.07. The van der Waals surface area contributed by atoms with Crippen LogP contribution in [0.25, 0.3) is 11.1 Å². The summed E-state index contributed by atoms with van der Waals surface area (Å²) in [6.45, 7) is 0. The third-order valence-electron chi connectivity index (χ3n) is 2.33. The van der Waals surface area contributed by atoms with E-state index < -0.39 is 11.9 Å². The van der Waals surface area contributed by atoms with E-state index in [1.807, 2.05) is 12.1 Å². The van der Waals surface area contributed by atoms with Crippen LogP contribution in [0.5, 0.6) is 0 Å². The summed E-state index contributed by atoms with van der Waals surface area (Å²) >= 11 is 2.15. The fourth-order valence-electron chi connectivity index (χ4n) is 1.46. The van der Waals surface area contributed by atoms with Gasteiger partial charge in [0.2, 0.25) is 0 Å². The predicted octanol–water partition coefficient (Wildman–Crippen LogP) is 5.21. The number of hydrogen-bond acceptors (Lipinski definition) is 2. The Balaban J connectivity index is 2.38. The lowest BCUT2D eigenvalue weighted by molar-refractivity contribution is -0.141. The van der Waals surface area contributed by atoms with Crippen molar-refractivity contribution < 1.29 is 13.2 Å². The van der Waals surface area contributed by atoms with E-state index in [0.717, 1.165) is 16.5 Å². The first-order valence-corrected chi connectivity index (χ1v) is 8.29. The highest BCUT2D eigenvalue weighted by molar-refractivity contribution is 14.2. The van der Waals surface area contributed by atoms with Crippen LogP contribution in [0, 0.1) is 0 Å². The molecule has 18 heavy (non-hydrogen) atoms. The Kier molecular flexibility index (Phi) is 4.16. The zero-order valence-corrected chi connectivity index (χ0v) is 11.9. The quantitative estimate of drug-likeness (QED) is 0.663. The molecule has 0 radical (unpaired) electrons. The maximum absolute atomic E-state index is 12.5. The predicted molar refractivity (Wildman–Crippen MR) is 74.6 cm³/mol. The summed E-state index contributed by atoms with van der Waals surface area (Å²) in [6, 6.07) is 9.99. The lowest BCUT2D eigenvalue weighted by atomic mass is 10.1. The molecule has 1 aromatic carbocycles. The van der Waals surface area contributed by atoms with E-state index in [9.17, 15) is 13.2 Å². The molecule has 6 heteroatoms. The summed E-state index contributed by atoms with van der Waals surface area (Å²) in [4.78, 5) is 4.40. The minimum Gasteiger partial charge on any atom is -0.252 e. The Labute approximate surface area is 118 Å². The van der Waals surface area contributed by atoms with E-state index in [1.54, 1.807) is 27.1 Å². The van der Waals surface area contributed by atoms with Gasteiger partial charge in [0, 0.05) is 32.3 Å². The standard InChI is InChI=1S/C12H7F3INS/c13-12(14,15)11-7-9(5-6-17-11)8-1-3-10(18-16)4-2-8/h1-7H. The molecule has 0 amide bonds. The average Bonchev–Trinajstić information content (AvgIpc) is 2.38. The molecule has 0 aliphatic rings. The molecule has 0 bridgehead atoms. The fraction of sp³-hybridized carbons (Fsp3) is 0.0833. The van der Waals surface area contributed by atoms with Crippen LogP contribution in [-0.4, -0.2) is 4.98 Å². The van der Waals surface area contributed by atoms with Gasteiger partial charge in [-0.3, -0.25) is 4.98 Å². The normalized spacial score (nSPS) is 11.6. The van der Waals surface area contributed by atoms with Gasteiger partial charge in [0.25, 0.3) is 0 Å². The van der Waals surface area contributed by atoms with Crippen molar-refractivity contribution in [2.24, 2.45) is 0 Å². The Morgan fingerprint density at radius 3 is 2.22 bits per heavy atom. The molecule has 1 aromatic heterocycles. The molecular weight excluding hydrogens is 374 g/mol. The van der Waals surface area contributed by atoms with Crippen LogP contribution in [0.3, 0.4) is 0 Å². The van der Waals surface area contributed by atoms with Gasteiger partial charge in [-0.2, -0.15) is 13.2 Å². The van der Waals surface area contributed by atoms with Crippen molar-refractivity contribution in [1.82, 2.24) is 4.98 Å². The topological polar surface area (TPSA) is 12.9 Å². The summed E-state index contributed by atoms with van der Waals surface area (Å²) < 4.78 is 37.6. The third kappa shape index (κ3) is 3.17. The molecule has 0 aliphatic carbocycles. The fourth-order valence-corrected chi connectivity index (χ4v) is 2.58. The molecule has 94 valence electrons. The number of benzene rings is 1. The molecule has 0 unspecified atom stereocenters. The van der Waals surface area contributed by atoms with Crippen LogP contribution >= 0.6 is 30.1 Å². The number of alkyl halides is 3. The highest BCUT2D eigenvalue weighted by atomic mass is 127. The summed E-state index contributed by atoms with van der Waals surface area (Å²) in [5, 5.41) is 0. The van der Waals surface area contributed by atoms with Crippen LogP contribution in [0.4, 0.5) is 13.2 Å². The van der Waals surface area contributed by atoms with Crippen LogP contribution in [0.15, 0.2) is 47.5 Å². The van der Waals surface area contributed by atoms with Crippen LogP contribution in [0.1, 0.15) is 5.69 Å². The Morgan fingerprint density at radius 1 is 1.00 bits per heavy atom. The molecule has 0 saturated carbocycles. The number of aromatic nitrogens is 1. The van der Waals surface area contributed by atoms with E-state index in [-0.39, 0.29) is 0 Å².